The highest BCUT2D eigenvalue weighted by Gasteiger charge is 2.38. The van der Waals surface area contributed by atoms with Gasteiger partial charge in [-0.3, -0.25) is 4.79 Å². The Morgan fingerprint density at radius 3 is 2.79 bits per heavy atom. The third-order valence-corrected chi connectivity index (χ3v) is 6.09. The van der Waals surface area contributed by atoms with Gasteiger partial charge in [0.15, 0.2) is 0 Å². The minimum absolute atomic E-state index is 0.0563. The quantitative estimate of drug-likeness (QED) is 0.820. The van der Waals surface area contributed by atoms with E-state index in [-0.39, 0.29) is 18.0 Å². The van der Waals surface area contributed by atoms with Crippen LogP contribution in [-0.4, -0.2) is 64.2 Å². The van der Waals surface area contributed by atoms with Crippen molar-refractivity contribution in [3.63, 3.8) is 0 Å². The minimum atomic E-state index is -0.0602. The SMILES string of the molecule is N[C@H]1CN(c2cc(N3CCc4nocc4C3)ncn2)C[C@@H]1N1CCCCC1=O. The predicted octanol–water partition coefficient (Wildman–Crippen LogP) is 0.556. The van der Waals surface area contributed by atoms with Gasteiger partial charge in [-0.25, -0.2) is 9.97 Å². The number of carbonyl (C=O) groups excluding carboxylic acids is 1. The molecule has 2 fully saturated rings. The van der Waals surface area contributed by atoms with E-state index in [1.165, 1.54) is 0 Å². The molecule has 5 rings (SSSR count). The van der Waals surface area contributed by atoms with Crippen LogP contribution in [0, 0.1) is 0 Å². The van der Waals surface area contributed by atoms with Gasteiger partial charge in [-0.2, -0.15) is 0 Å². The fraction of sp³-hybridized carbons (Fsp3) is 0.579. The zero-order valence-corrected chi connectivity index (χ0v) is 15.8. The molecule has 3 aliphatic rings. The molecule has 1 amide bonds. The maximum absolute atomic E-state index is 12.3. The molecule has 2 saturated heterocycles. The first-order valence-corrected chi connectivity index (χ1v) is 9.98. The molecule has 0 aliphatic carbocycles. The second-order valence-electron chi connectivity index (χ2n) is 7.87. The van der Waals surface area contributed by atoms with Gasteiger partial charge in [-0.1, -0.05) is 5.16 Å². The van der Waals surface area contributed by atoms with E-state index in [4.69, 9.17) is 10.3 Å². The van der Waals surface area contributed by atoms with Crippen LogP contribution < -0.4 is 15.5 Å². The Morgan fingerprint density at radius 1 is 1.07 bits per heavy atom. The van der Waals surface area contributed by atoms with Crippen molar-refractivity contribution in [2.45, 2.75) is 44.3 Å². The molecule has 0 saturated carbocycles. The average Bonchev–Trinajstić information content (AvgIpc) is 3.34. The van der Waals surface area contributed by atoms with Gasteiger partial charge in [0, 0.05) is 63.2 Å². The number of rotatable bonds is 3. The lowest BCUT2D eigenvalue weighted by atomic mass is 10.1. The van der Waals surface area contributed by atoms with E-state index in [0.29, 0.717) is 13.0 Å². The first-order chi connectivity index (χ1) is 13.7. The predicted molar refractivity (Wildman–Crippen MR) is 103 cm³/mol. The molecule has 0 radical (unpaired) electrons. The molecule has 0 unspecified atom stereocenters. The standard InChI is InChI=1S/C19H25N7O2/c20-14-9-25(10-16(14)26-5-2-1-3-19(26)27)18-7-17(21-12-22-18)24-6-4-15-13(8-24)11-28-23-15/h7,11-12,14,16H,1-6,8-10,20H2/t14-,16-/m0/s1. The first kappa shape index (κ1) is 17.4. The molecule has 2 N–H and O–H groups in total. The molecule has 28 heavy (non-hydrogen) atoms. The summed E-state index contributed by atoms with van der Waals surface area (Å²) in [5.74, 6) is 1.99. The van der Waals surface area contributed by atoms with Gasteiger partial charge in [0.2, 0.25) is 5.91 Å². The smallest absolute Gasteiger partial charge is 0.222 e. The van der Waals surface area contributed by atoms with Gasteiger partial charge in [0.25, 0.3) is 0 Å². The lowest BCUT2D eigenvalue weighted by Gasteiger charge is -2.34. The van der Waals surface area contributed by atoms with Crippen molar-refractivity contribution in [2.75, 3.05) is 36.0 Å². The van der Waals surface area contributed by atoms with Crippen LogP contribution in [0.15, 0.2) is 23.2 Å². The Bertz CT molecular complexity index is 869. The van der Waals surface area contributed by atoms with Crippen molar-refractivity contribution in [1.82, 2.24) is 20.0 Å². The molecule has 2 aromatic rings. The molecule has 2 atom stereocenters. The Kier molecular flexibility index (Phi) is 4.38. The van der Waals surface area contributed by atoms with Crippen LogP contribution in [0.1, 0.15) is 30.5 Å². The third-order valence-electron chi connectivity index (χ3n) is 6.09. The number of nitrogens with two attached hydrogens (primary N) is 1. The summed E-state index contributed by atoms with van der Waals surface area (Å²) < 4.78 is 5.08. The number of piperidine rings is 1. The van der Waals surface area contributed by atoms with Crippen molar-refractivity contribution in [3.8, 4) is 0 Å². The fourth-order valence-corrected chi connectivity index (χ4v) is 4.53. The minimum Gasteiger partial charge on any atom is -0.364 e. The number of carbonyl (C=O) groups is 1. The van der Waals surface area contributed by atoms with Crippen molar-refractivity contribution < 1.29 is 9.32 Å². The maximum Gasteiger partial charge on any atom is 0.222 e. The van der Waals surface area contributed by atoms with Gasteiger partial charge in [0.05, 0.1) is 11.7 Å². The van der Waals surface area contributed by atoms with Crippen LogP contribution >= 0.6 is 0 Å². The number of fused-ring (bicyclic) bond motifs is 1. The largest absolute Gasteiger partial charge is 0.364 e. The van der Waals surface area contributed by atoms with E-state index in [1.54, 1.807) is 12.6 Å². The molecule has 9 heteroatoms. The van der Waals surface area contributed by atoms with E-state index in [2.05, 4.69) is 24.9 Å². The zero-order chi connectivity index (χ0) is 19.1. The van der Waals surface area contributed by atoms with Gasteiger partial charge >= 0.3 is 0 Å². The lowest BCUT2D eigenvalue weighted by Crippen LogP contribution is -2.51. The van der Waals surface area contributed by atoms with Crippen molar-refractivity contribution in [1.29, 1.82) is 0 Å². The molecule has 3 aliphatic heterocycles. The molecular formula is C19H25N7O2. The van der Waals surface area contributed by atoms with Crippen LogP contribution in [0.5, 0.6) is 0 Å². The van der Waals surface area contributed by atoms with Crippen LogP contribution in [0.25, 0.3) is 0 Å². The highest BCUT2D eigenvalue weighted by molar-refractivity contribution is 5.77. The maximum atomic E-state index is 12.3. The summed E-state index contributed by atoms with van der Waals surface area (Å²) in [6.45, 7) is 3.81. The summed E-state index contributed by atoms with van der Waals surface area (Å²) in [4.78, 5) is 27.6. The monoisotopic (exact) mass is 383 g/mol. The highest BCUT2D eigenvalue weighted by atomic mass is 16.5. The Morgan fingerprint density at radius 2 is 1.93 bits per heavy atom. The summed E-state index contributed by atoms with van der Waals surface area (Å²) in [5, 5.41) is 4.04. The Hall–Kier alpha value is -2.68. The van der Waals surface area contributed by atoms with Crippen molar-refractivity contribution in [2.24, 2.45) is 5.73 Å². The highest BCUT2D eigenvalue weighted by Crippen LogP contribution is 2.27. The summed E-state index contributed by atoms with van der Waals surface area (Å²) in [5.41, 5.74) is 8.56. The lowest BCUT2D eigenvalue weighted by molar-refractivity contribution is -0.135. The van der Waals surface area contributed by atoms with E-state index < -0.39 is 0 Å². The number of anilines is 2. The molecule has 9 nitrogen and oxygen atoms in total. The molecular weight excluding hydrogens is 358 g/mol. The molecule has 0 bridgehead atoms. The van der Waals surface area contributed by atoms with Gasteiger partial charge in [0.1, 0.15) is 24.2 Å². The number of nitrogens with zero attached hydrogens (tertiary/aromatic N) is 6. The zero-order valence-electron chi connectivity index (χ0n) is 15.8. The number of amides is 1. The number of aromatic nitrogens is 3. The number of hydrogen-bond donors (Lipinski definition) is 1. The van der Waals surface area contributed by atoms with Gasteiger partial charge in [-0.05, 0) is 12.8 Å². The van der Waals surface area contributed by atoms with Gasteiger partial charge < -0.3 is 25.0 Å². The van der Waals surface area contributed by atoms with Gasteiger partial charge in [-0.15, -0.1) is 0 Å². The Balaban J connectivity index is 1.32. The second kappa shape index (κ2) is 7.05. The van der Waals surface area contributed by atoms with Crippen molar-refractivity contribution in [3.05, 3.63) is 29.9 Å². The van der Waals surface area contributed by atoms with Crippen molar-refractivity contribution >= 4 is 17.5 Å². The van der Waals surface area contributed by atoms with Crippen LogP contribution in [-0.2, 0) is 17.8 Å². The molecule has 0 spiro atoms. The normalized spacial score (nSPS) is 25.3. The van der Waals surface area contributed by atoms with E-state index in [1.807, 2.05) is 11.0 Å². The van der Waals surface area contributed by atoms with E-state index >= 15 is 0 Å². The molecule has 0 aromatic carbocycles. The summed E-state index contributed by atoms with van der Waals surface area (Å²) in [7, 11) is 0. The van der Waals surface area contributed by atoms with E-state index in [9.17, 15) is 4.79 Å². The number of hydrogen-bond acceptors (Lipinski definition) is 8. The Labute approximate surface area is 163 Å². The number of likely N-dealkylation sites (tertiary alicyclic amines) is 1. The first-order valence-electron chi connectivity index (χ1n) is 9.98. The molecule has 2 aromatic heterocycles. The topological polar surface area (TPSA) is 105 Å². The van der Waals surface area contributed by atoms with Crippen LogP contribution in [0.3, 0.4) is 0 Å². The molecule has 5 heterocycles. The second-order valence-corrected chi connectivity index (χ2v) is 7.87. The summed E-state index contributed by atoms with van der Waals surface area (Å²) >= 11 is 0. The average molecular weight is 383 g/mol. The van der Waals surface area contributed by atoms with Crippen LogP contribution in [0.2, 0.25) is 0 Å². The summed E-state index contributed by atoms with van der Waals surface area (Å²) in [6, 6.07) is 2.02. The molecule has 148 valence electrons. The third kappa shape index (κ3) is 3.09. The fourth-order valence-electron chi connectivity index (χ4n) is 4.53. The summed E-state index contributed by atoms with van der Waals surface area (Å²) in [6.07, 6.45) is 6.86. The van der Waals surface area contributed by atoms with E-state index in [0.717, 1.165) is 68.3 Å². The van der Waals surface area contributed by atoms with Crippen LogP contribution in [0.4, 0.5) is 11.6 Å².